The molecule has 8 nitrogen and oxygen atoms in total. The molecule has 0 aliphatic heterocycles. The predicted octanol–water partition coefficient (Wildman–Crippen LogP) is 4.30. The first-order valence-electron chi connectivity index (χ1n) is 12.5. The van der Waals surface area contributed by atoms with Crippen molar-refractivity contribution in [3.05, 3.63) is 96.1 Å². The molecule has 0 aliphatic carbocycles. The average molecular weight is 577 g/mol. The zero-order valence-electron chi connectivity index (χ0n) is 21.4. The maximum absolute atomic E-state index is 12.6. The molecule has 0 radical (unpaired) electrons. The van der Waals surface area contributed by atoms with Crippen molar-refractivity contribution in [2.75, 3.05) is 11.5 Å². The lowest BCUT2D eigenvalue weighted by atomic mass is 10.0. The summed E-state index contributed by atoms with van der Waals surface area (Å²) >= 11 is 0. The van der Waals surface area contributed by atoms with Gasteiger partial charge >= 0.3 is 11.9 Å². The zero-order valence-corrected chi connectivity index (χ0v) is 23.0. The molecule has 4 aromatic carbocycles. The SMILES string of the molecule is O=C(Cc1cccc2ccccc12)NC(CSSCC(NC(=O)Cc1cccc2ccccc12)C(=O)O)C(=O)O. The first kappa shape index (κ1) is 29.0. The Balaban J connectivity index is 1.27. The van der Waals surface area contributed by atoms with Gasteiger partial charge in [0.25, 0.3) is 0 Å². The fourth-order valence-corrected chi connectivity index (χ4v) is 6.62. The van der Waals surface area contributed by atoms with Gasteiger partial charge in [-0.1, -0.05) is 107 Å². The molecule has 0 aliphatic rings. The number of nitrogens with one attached hydrogen (secondary N) is 2. The van der Waals surface area contributed by atoms with E-state index in [0.29, 0.717) is 0 Å². The van der Waals surface area contributed by atoms with Crippen molar-refractivity contribution in [3.8, 4) is 0 Å². The van der Waals surface area contributed by atoms with E-state index in [0.717, 1.165) is 54.3 Å². The second-order valence-electron chi connectivity index (χ2n) is 9.12. The fraction of sp³-hybridized carbons (Fsp3) is 0.200. The van der Waals surface area contributed by atoms with E-state index >= 15 is 0 Å². The Morgan fingerprint density at radius 3 is 1.35 bits per heavy atom. The van der Waals surface area contributed by atoms with Gasteiger partial charge in [0.1, 0.15) is 12.1 Å². The standard InChI is InChI=1S/C30H28N2O6S2/c33-27(15-21-11-5-9-19-7-1-3-13-23(19)21)31-25(29(35)36)17-39-40-18-26(30(37)38)32-28(34)16-22-12-6-10-20-8-2-4-14-24(20)22/h1-14,25-26H,15-18H2,(H,31,33)(H,32,34)(H,35,36)(H,37,38). The molecule has 0 aromatic heterocycles. The molecule has 0 saturated carbocycles. The number of carboxylic acid groups (broad SMARTS) is 2. The van der Waals surface area contributed by atoms with Crippen molar-refractivity contribution >= 4 is 66.9 Å². The quantitative estimate of drug-likeness (QED) is 0.137. The van der Waals surface area contributed by atoms with Crippen LogP contribution in [0.3, 0.4) is 0 Å². The van der Waals surface area contributed by atoms with Gasteiger partial charge in [-0.15, -0.1) is 0 Å². The van der Waals surface area contributed by atoms with Crippen LogP contribution < -0.4 is 10.6 Å². The first-order valence-corrected chi connectivity index (χ1v) is 15.0. The molecule has 206 valence electrons. The maximum Gasteiger partial charge on any atom is 0.327 e. The molecule has 2 unspecified atom stereocenters. The summed E-state index contributed by atoms with van der Waals surface area (Å²) in [5, 5.41) is 28.2. The minimum absolute atomic E-state index is 0.0254. The number of amides is 2. The number of benzene rings is 4. The topological polar surface area (TPSA) is 133 Å². The Morgan fingerprint density at radius 1 is 0.575 bits per heavy atom. The monoisotopic (exact) mass is 576 g/mol. The summed E-state index contributed by atoms with van der Waals surface area (Å²) in [6, 6.07) is 24.3. The Labute approximate surface area is 238 Å². The van der Waals surface area contributed by atoms with E-state index < -0.39 is 35.8 Å². The average Bonchev–Trinajstić information content (AvgIpc) is 2.94. The minimum atomic E-state index is -1.18. The molecular weight excluding hydrogens is 548 g/mol. The van der Waals surface area contributed by atoms with Crippen LogP contribution in [0, 0.1) is 0 Å². The van der Waals surface area contributed by atoms with Gasteiger partial charge in [-0.3, -0.25) is 9.59 Å². The third-order valence-corrected chi connectivity index (χ3v) is 8.70. The van der Waals surface area contributed by atoms with Gasteiger partial charge in [-0.25, -0.2) is 9.59 Å². The molecule has 0 saturated heterocycles. The second kappa shape index (κ2) is 13.9. The Kier molecular flexibility index (Phi) is 10.0. The van der Waals surface area contributed by atoms with Crippen LogP contribution in [-0.4, -0.2) is 57.6 Å². The summed E-state index contributed by atoms with van der Waals surface area (Å²) in [7, 11) is 2.25. The third kappa shape index (κ3) is 7.77. The third-order valence-electron chi connectivity index (χ3n) is 6.28. The Hall–Kier alpha value is -4.02. The number of carbonyl (C=O) groups excluding carboxylic acids is 2. The zero-order chi connectivity index (χ0) is 28.5. The molecule has 0 spiro atoms. The lowest BCUT2D eigenvalue weighted by Gasteiger charge is -2.17. The second-order valence-corrected chi connectivity index (χ2v) is 11.7. The van der Waals surface area contributed by atoms with E-state index in [9.17, 15) is 29.4 Å². The van der Waals surface area contributed by atoms with E-state index in [2.05, 4.69) is 10.6 Å². The summed E-state index contributed by atoms with van der Waals surface area (Å²) in [5.74, 6) is -3.15. The molecule has 40 heavy (non-hydrogen) atoms. The summed E-state index contributed by atoms with van der Waals surface area (Å²) in [6.07, 6.45) is 0.0690. The highest BCUT2D eigenvalue weighted by Gasteiger charge is 2.23. The van der Waals surface area contributed by atoms with E-state index in [-0.39, 0.29) is 24.3 Å². The molecule has 10 heteroatoms. The molecule has 0 bridgehead atoms. The van der Waals surface area contributed by atoms with Crippen molar-refractivity contribution in [1.29, 1.82) is 0 Å². The lowest BCUT2D eigenvalue weighted by Crippen LogP contribution is -2.44. The number of hydrogen-bond donors (Lipinski definition) is 4. The number of aliphatic carboxylic acids is 2. The van der Waals surface area contributed by atoms with Crippen LogP contribution in [0.15, 0.2) is 84.9 Å². The van der Waals surface area contributed by atoms with Gasteiger partial charge in [-0.2, -0.15) is 0 Å². The van der Waals surface area contributed by atoms with Gasteiger partial charge in [0.2, 0.25) is 11.8 Å². The van der Waals surface area contributed by atoms with Crippen LogP contribution in [0.2, 0.25) is 0 Å². The van der Waals surface area contributed by atoms with Gasteiger partial charge < -0.3 is 20.8 Å². The van der Waals surface area contributed by atoms with Crippen molar-refractivity contribution in [3.63, 3.8) is 0 Å². The maximum atomic E-state index is 12.6. The van der Waals surface area contributed by atoms with E-state index in [1.807, 2.05) is 84.9 Å². The van der Waals surface area contributed by atoms with Gasteiger partial charge in [-0.05, 0) is 32.7 Å². The molecule has 4 rings (SSSR count). The Bertz CT molecular complexity index is 1420. The van der Waals surface area contributed by atoms with Gasteiger partial charge in [0.15, 0.2) is 0 Å². The predicted molar refractivity (Wildman–Crippen MR) is 159 cm³/mol. The van der Waals surface area contributed by atoms with E-state index in [4.69, 9.17) is 0 Å². The first-order chi connectivity index (χ1) is 19.3. The van der Waals surface area contributed by atoms with Crippen LogP contribution in [0.4, 0.5) is 0 Å². The highest BCUT2D eigenvalue weighted by atomic mass is 33.1. The van der Waals surface area contributed by atoms with Crippen LogP contribution in [0.25, 0.3) is 21.5 Å². The smallest absolute Gasteiger partial charge is 0.327 e. The summed E-state index contributed by atoms with van der Waals surface area (Å²) in [6.45, 7) is 0. The van der Waals surface area contributed by atoms with Crippen molar-refractivity contribution in [2.24, 2.45) is 0 Å². The number of carbonyl (C=O) groups is 4. The number of rotatable bonds is 13. The normalized spacial score (nSPS) is 12.5. The van der Waals surface area contributed by atoms with Crippen molar-refractivity contribution in [2.45, 2.75) is 24.9 Å². The molecule has 4 N–H and O–H groups in total. The molecule has 2 atom stereocenters. The molecule has 4 aromatic rings. The number of carboxylic acids is 2. The van der Waals surface area contributed by atoms with Gasteiger partial charge in [0.05, 0.1) is 12.8 Å². The lowest BCUT2D eigenvalue weighted by molar-refractivity contribution is -0.141. The van der Waals surface area contributed by atoms with Crippen molar-refractivity contribution in [1.82, 2.24) is 10.6 Å². The van der Waals surface area contributed by atoms with E-state index in [1.165, 1.54) is 0 Å². The number of fused-ring (bicyclic) bond motifs is 2. The minimum Gasteiger partial charge on any atom is -0.480 e. The van der Waals surface area contributed by atoms with Crippen LogP contribution in [0.1, 0.15) is 11.1 Å². The van der Waals surface area contributed by atoms with Crippen LogP contribution >= 0.6 is 21.6 Å². The molecular formula is C30H28N2O6S2. The highest BCUT2D eigenvalue weighted by Crippen LogP contribution is 2.24. The van der Waals surface area contributed by atoms with Gasteiger partial charge in [0, 0.05) is 11.5 Å². The highest BCUT2D eigenvalue weighted by molar-refractivity contribution is 8.76. The molecule has 0 heterocycles. The fourth-order valence-electron chi connectivity index (χ4n) is 4.31. The number of hydrogen-bond acceptors (Lipinski definition) is 6. The largest absolute Gasteiger partial charge is 0.480 e. The summed E-state index contributed by atoms with van der Waals surface area (Å²) in [5.41, 5.74) is 1.59. The summed E-state index contributed by atoms with van der Waals surface area (Å²) < 4.78 is 0. The summed E-state index contributed by atoms with van der Waals surface area (Å²) in [4.78, 5) is 48.8. The van der Waals surface area contributed by atoms with Crippen LogP contribution in [-0.2, 0) is 32.0 Å². The van der Waals surface area contributed by atoms with E-state index in [1.54, 1.807) is 0 Å². The van der Waals surface area contributed by atoms with Crippen LogP contribution in [0.5, 0.6) is 0 Å². The Morgan fingerprint density at radius 2 is 0.950 bits per heavy atom. The molecule has 2 amide bonds. The molecule has 0 fully saturated rings. The van der Waals surface area contributed by atoms with Crippen molar-refractivity contribution < 1.29 is 29.4 Å².